The lowest BCUT2D eigenvalue weighted by atomic mass is 10.0. The van der Waals surface area contributed by atoms with Gasteiger partial charge in [0.05, 0.1) is 11.8 Å². The van der Waals surface area contributed by atoms with Crippen molar-refractivity contribution in [3.63, 3.8) is 0 Å². The minimum atomic E-state index is -1.57. The van der Waals surface area contributed by atoms with Crippen molar-refractivity contribution in [3.05, 3.63) is 39.8 Å². The summed E-state index contributed by atoms with van der Waals surface area (Å²) in [6, 6.07) is 1.46. The quantitative estimate of drug-likeness (QED) is 0.322. The first-order valence-electron chi connectivity index (χ1n) is 5.08. The van der Waals surface area contributed by atoms with E-state index in [1.54, 1.807) is 0 Å². The fraction of sp³-hybridized carbons (Fsp3) is 0.400. The SMILES string of the molecule is [N-]=[N+]=NCCC(O)C(O)c1cc(N)c(F)cc1F. The molecule has 0 radical (unpaired) electrons. The Balaban J connectivity index is 2.85. The maximum Gasteiger partial charge on any atom is 0.149 e. The average molecular weight is 258 g/mol. The van der Waals surface area contributed by atoms with Gasteiger partial charge in [-0.15, -0.1) is 0 Å². The molecule has 0 aromatic heterocycles. The van der Waals surface area contributed by atoms with Crippen LogP contribution in [0.25, 0.3) is 10.4 Å². The Morgan fingerprint density at radius 2 is 2.00 bits per heavy atom. The van der Waals surface area contributed by atoms with Gasteiger partial charge in [0, 0.05) is 23.1 Å². The van der Waals surface area contributed by atoms with Crippen molar-refractivity contribution in [2.45, 2.75) is 18.6 Å². The molecular weight excluding hydrogens is 246 g/mol. The third kappa shape index (κ3) is 3.30. The summed E-state index contributed by atoms with van der Waals surface area (Å²) in [6.45, 7) is -0.0486. The predicted octanol–water partition coefficient (Wildman–Crippen LogP) is 1.64. The van der Waals surface area contributed by atoms with Crippen molar-refractivity contribution < 1.29 is 19.0 Å². The number of halogens is 2. The molecule has 2 atom stereocenters. The summed E-state index contributed by atoms with van der Waals surface area (Å²) in [5, 5.41) is 22.4. The third-order valence-electron chi connectivity index (χ3n) is 2.39. The Hall–Kier alpha value is -1.89. The number of hydrogen-bond acceptors (Lipinski definition) is 4. The fourth-order valence-corrected chi connectivity index (χ4v) is 1.41. The van der Waals surface area contributed by atoms with Gasteiger partial charge in [-0.3, -0.25) is 0 Å². The van der Waals surface area contributed by atoms with Gasteiger partial charge >= 0.3 is 0 Å². The molecule has 0 saturated carbocycles. The standard InChI is InChI=1S/C10H12F2N4O2/c11-6-4-7(12)8(13)3-5(6)10(18)9(17)1-2-15-16-14/h3-4,9-10,17-18H,1-2,13H2. The first-order chi connectivity index (χ1) is 8.47. The van der Waals surface area contributed by atoms with Gasteiger partial charge in [0.15, 0.2) is 0 Å². The van der Waals surface area contributed by atoms with Gasteiger partial charge in [-0.25, -0.2) is 8.78 Å². The number of azide groups is 1. The highest BCUT2D eigenvalue weighted by molar-refractivity contribution is 5.44. The highest BCUT2D eigenvalue weighted by atomic mass is 19.1. The van der Waals surface area contributed by atoms with E-state index in [4.69, 9.17) is 11.3 Å². The van der Waals surface area contributed by atoms with Gasteiger partial charge in [0.1, 0.15) is 17.7 Å². The van der Waals surface area contributed by atoms with E-state index in [1.807, 2.05) is 0 Å². The van der Waals surface area contributed by atoms with Crippen molar-refractivity contribution in [2.75, 3.05) is 12.3 Å². The number of aliphatic hydroxyl groups excluding tert-OH is 2. The summed E-state index contributed by atoms with van der Waals surface area (Å²) in [4.78, 5) is 2.47. The molecule has 0 fully saturated rings. The molecule has 8 heteroatoms. The van der Waals surface area contributed by atoms with E-state index in [-0.39, 0.29) is 24.2 Å². The molecule has 0 bridgehead atoms. The first-order valence-corrected chi connectivity index (χ1v) is 5.08. The van der Waals surface area contributed by atoms with Crippen LogP contribution in [0.3, 0.4) is 0 Å². The second-order valence-electron chi connectivity index (χ2n) is 3.65. The Bertz CT molecular complexity index is 477. The van der Waals surface area contributed by atoms with Crippen LogP contribution < -0.4 is 5.73 Å². The Kier molecular flexibility index (Phi) is 4.85. The highest BCUT2D eigenvalue weighted by Gasteiger charge is 2.22. The molecule has 0 saturated heterocycles. The lowest BCUT2D eigenvalue weighted by molar-refractivity contribution is 0.0130. The van der Waals surface area contributed by atoms with Crippen molar-refractivity contribution in [3.8, 4) is 0 Å². The van der Waals surface area contributed by atoms with Gasteiger partial charge in [0.25, 0.3) is 0 Å². The lowest BCUT2D eigenvalue weighted by Gasteiger charge is -2.18. The summed E-state index contributed by atoms with van der Waals surface area (Å²) in [6.07, 6.45) is -2.96. The molecule has 18 heavy (non-hydrogen) atoms. The Labute approximate surface area is 101 Å². The summed E-state index contributed by atoms with van der Waals surface area (Å²) in [5.41, 5.74) is 12.7. The molecular formula is C10H12F2N4O2. The number of rotatable bonds is 5. The van der Waals surface area contributed by atoms with E-state index >= 15 is 0 Å². The van der Waals surface area contributed by atoms with E-state index < -0.39 is 23.8 Å². The van der Waals surface area contributed by atoms with Crippen molar-refractivity contribution in [1.82, 2.24) is 0 Å². The highest BCUT2D eigenvalue weighted by Crippen LogP contribution is 2.25. The maximum atomic E-state index is 13.4. The molecule has 98 valence electrons. The van der Waals surface area contributed by atoms with Gasteiger partial charge < -0.3 is 15.9 Å². The second kappa shape index (κ2) is 6.15. The van der Waals surface area contributed by atoms with Gasteiger partial charge in [-0.1, -0.05) is 5.11 Å². The smallest absolute Gasteiger partial charge is 0.149 e. The molecule has 4 N–H and O–H groups in total. The minimum Gasteiger partial charge on any atom is -0.396 e. The Morgan fingerprint density at radius 3 is 2.61 bits per heavy atom. The molecule has 0 heterocycles. The third-order valence-corrected chi connectivity index (χ3v) is 2.39. The van der Waals surface area contributed by atoms with Gasteiger partial charge in [0.2, 0.25) is 0 Å². The van der Waals surface area contributed by atoms with Crippen LogP contribution in [-0.4, -0.2) is 22.9 Å². The molecule has 0 aliphatic rings. The second-order valence-corrected chi connectivity index (χ2v) is 3.65. The number of nitrogens with zero attached hydrogens (tertiary/aromatic N) is 3. The topological polar surface area (TPSA) is 115 Å². The Morgan fingerprint density at radius 1 is 1.33 bits per heavy atom. The van der Waals surface area contributed by atoms with Crippen LogP contribution in [0.4, 0.5) is 14.5 Å². The van der Waals surface area contributed by atoms with E-state index in [0.717, 1.165) is 6.07 Å². The van der Waals surface area contributed by atoms with E-state index in [0.29, 0.717) is 6.07 Å². The maximum absolute atomic E-state index is 13.4. The van der Waals surface area contributed by atoms with Crippen LogP contribution in [0.15, 0.2) is 17.2 Å². The predicted molar refractivity (Wildman–Crippen MR) is 60.4 cm³/mol. The molecule has 0 aliphatic carbocycles. The summed E-state index contributed by atoms with van der Waals surface area (Å²) < 4.78 is 26.3. The summed E-state index contributed by atoms with van der Waals surface area (Å²) in [7, 11) is 0. The zero-order valence-corrected chi connectivity index (χ0v) is 9.29. The minimum absolute atomic E-state index is 0.0486. The first kappa shape index (κ1) is 14.2. The molecule has 1 aromatic carbocycles. The van der Waals surface area contributed by atoms with Crippen molar-refractivity contribution >= 4 is 5.69 Å². The summed E-state index contributed by atoms with van der Waals surface area (Å²) in [5.74, 6) is -1.94. The molecule has 0 aliphatic heterocycles. The fourth-order valence-electron chi connectivity index (χ4n) is 1.41. The van der Waals surface area contributed by atoms with Crippen LogP contribution in [-0.2, 0) is 0 Å². The van der Waals surface area contributed by atoms with Crippen LogP contribution in [0.1, 0.15) is 18.1 Å². The number of aliphatic hydroxyl groups is 2. The van der Waals surface area contributed by atoms with Crippen LogP contribution >= 0.6 is 0 Å². The number of nitrogens with two attached hydrogens (primary N) is 1. The van der Waals surface area contributed by atoms with Gasteiger partial charge in [-0.2, -0.15) is 0 Å². The van der Waals surface area contributed by atoms with E-state index in [2.05, 4.69) is 10.0 Å². The number of anilines is 1. The number of nitrogen functional groups attached to an aromatic ring is 1. The van der Waals surface area contributed by atoms with Crippen LogP contribution in [0, 0.1) is 11.6 Å². The van der Waals surface area contributed by atoms with Crippen LogP contribution in [0.2, 0.25) is 0 Å². The normalized spacial score (nSPS) is 13.8. The summed E-state index contributed by atoms with van der Waals surface area (Å²) >= 11 is 0. The molecule has 1 rings (SSSR count). The lowest BCUT2D eigenvalue weighted by Crippen LogP contribution is -2.20. The monoisotopic (exact) mass is 258 g/mol. The number of hydrogen-bond donors (Lipinski definition) is 3. The van der Waals surface area contributed by atoms with Crippen molar-refractivity contribution in [1.29, 1.82) is 0 Å². The zero-order chi connectivity index (χ0) is 13.7. The van der Waals surface area contributed by atoms with E-state index in [9.17, 15) is 19.0 Å². The van der Waals surface area contributed by atoms with Crippen LogP contribution in [0.5, 0.6) is 0 Å². The molecule has 6 nitrogen and oxygen atoms in total. The molecule has 0 spiro atoms. The molecule has 0 amide bonds. The van der Waals surface area contributed by atoms with Crippen molar-refractivity contribution in [2.24, 2.45) is 5.11 Å². The largest absolute Gasteiger partial charge is 0.396 e. The zero-order valence-electron chi connectivity index (χ0n) is 9.29. The average Bonchev–Trinajstić information content (AvgIpc) is 2.33. The van der Waals surface area contributed by atoms with Gasteiger partial charge in [-0.05, 0) is 18.0 Å². The molecule has 1 aromatic rings. The van der Waals surface area contributed by atoms with E-state index in [1.165, 1.54) is 0 Å². The molecule has 2 unspecified atom stereocenters. The number of benzene rings is 1.